The van der Waals surface area contributed by atoms with Crippen molar-refractivity contribution in [3.8, 4) is 10.4 Å². The third-order valence-corrected chi connectivity index (χ3v) is 4.98. The summed E-state index contributed by atoms with van der Waals surface area (Å²) in [6.07, 6.45) is 1.82. The number of hydrogen-bond donors (Lipinski definition) is 0. The van der Waals surface area contributed by atoms with Crippen LogP contribution in [0.1, 0.15) is 22.8 Å². The van der Waals surface area contributed by atoms with Crippen LogP contribution in [0.25, 0.3) is 10.4 Å². The minimum Gasteiger partial charge on any atom is -0.367 e. The number of rotatable bonds is 4. The van der Waals surface area contributed by atoms with Crippen molar-refractivity contribution in [1.82, 2.24) is 20.0 Å². The SMILES string of the molecule is Cc1nc([C@H]2CN(Cc3ncc(-c4ccccc4)s3)CCO2)no1. The predicted octanol–water partition coefficient (Wildman–Crippen LogP) is 3.08. The maximum Gasteiger partial charge on any atom is 0.223 e. The Morgan fingerprint density at radius 1 is 1.29 bits per heavy atom. The molecule has 1 aliphatic heterocycles. The van der Waals surface area contributed by atoms with Gasteiger partial charge in [0.15, 0.2) is 0 Å². The van der Waals surface area contributed by atoms with Gasteiger partial charge in [-0.3, -0.25) is 4.90 Å². The van der Waals surface area contributed by atoms with Gasteiger partial charge in [0.1, 0.15) is 11.1 Å². The zero-order chi connectivity index (χ0) is 16.4. The van der Waals surface area contributed by atoms with E-state index in [1.54, 1.807) is 18.3 Å². The van der Waals surface area contributed by atoms with Crippen molar-refractivity contribution in [2.45, 2.75) is 19.6 Å². The first-order chi connectivity index (χ1) is 11.8. The lowest BCUT2D eigenvalue weighted by Gasteiger charge is -2.30. The number of thiazole rings is 1. The Balaban J connectivity index is 1.43. The maximum absolute atomic E-state index is 5.78. The zero-order valence-electron chi connectivity index (χ0n) is 13.4. The van der Waals surface area contributed by atoms with Crippen molar-refractivity contribution in [3.63, 3.8) is 0 Å². The minimum absolute atomic E-state index is 0.134. The quantitative estimate of drug-likeness (QED) is 0.726. The van der Waals surface area contributed by atoms with Crippen LogP contribution >= 0.6 is 11.3 Å². The molecule has 124 valence electrons. The van der Waals surface area contributed by atoms with Gasteiger partial charge in [0.25, 0.3) is 0 Å². The molecule has 6 nitrogen and oxygen atoms in total. The summed E-state index contributed by atoms with van der Waals surface area (Å²) in [6.45, 7) is 4.90. The van der Waals surface area contributed by atoms with Crippen LogP contribution in [-0.4, -0.2) is 39.7 Å². The molecule has 0 unspecified atom stereocenters. The molecule has 0 bridgehead atoms. The molecule has 1 aliphatic rings. The largest absolute Gasteiger partial charge is 0.367 e. The number of nitrogens with zero attached hydrogens (tertiary/aromatic N) is 4. The first-order valence-electron chi connectivity index (χ1n) is 7.92. The molecule has 1 aromatic carbocycles. The molecule has 7 heteroatoms. The van der Waals surface area contributed by atoms with Crippen molar-refractivity contribution in [2.75, 3.05) is 19.7 Å². The summed E-state index contributed by atoms with van der Waals surface area (Å²) >= 11 is 1.74. The van der Waals surface area contributed by atoms with E-state index in [4.69, 9.17) is 9.26 Å². The summed E-state index contributed by atoms with van der Waals surface area (Å²) in [5.41, 5.74) is 1.21. The van der Waals surface area contributed by atoms with Gasteiger partial charge < -0.3 is 9.26 Å². The third-order valence-electron chi connectivity index (χ3n) is 3.95. The molecular formula is C17H18N4O2S. The maximum atomic E-state index is 5.78. The minimum atomic E-state index is -0.134. The Hall–Kier alpha value is -2.09. The standard InChI is InChI=1S/C17H18N4O2S/c1-12-19-17(20-23-12)14-10-21(7-8-22-14)11-16-18-9-15(24-16)13-5-3-2-4-6-13/h2-6,9,14H,7-8,10-11H2,1H3/t14-/m1/s1. The van der Waals surface area contributed by atoms with E-state index in [-0.39, 0.29) is 6.10 Å². The normalized spacial score (nSPS) is 18.8. The molecule has 1 atom stereocenters. The molecular weight excluding hydrogens is 324 g/mol. The predicted molar refractivity (Wildman–Crippen MR) is 90.6 cm³/mol. The molecule has 3 heterocycles. The van der Waals surface area contributed by atoms with Crippen molar-refractivity contribution in [1.29, 1.82) is 0 Å². The van der Waals surface area contributed by atoms with Crippen LogP contribution in [-0.2, 0) is 11.3 Å². The Bertz CT molecular complexity index is 802. The first kappa shape index (κ1) is 15.4. The molecule has 1 saturated heterocycles. The van der Waals surface area contributed by atoms with Gasteiger partial charge in [0, 0.05) is 26.2 Å². The fourth-order valence-corrected chi connectivity index (χ4v) is 3.72. The number of ether oxygens (including phenoxy) is 1. The van der Waals surface area contributed by atoms with Crippen molar-refractivity contribution in [2.24, 2.45) is 0 Å². The molecule has 0 aliphatic carbocycles. The molecule has 0 amide bonds. The van der Waals surface area contributed by atoms with Crippen molar-refractivity contribution >= 4 is 11.3 Å². The number of hydrogen-bond acceptors (Lipinski definition) is 7. The van der Waals surface area contributed by atoms with E-state index in [1.165, 1.54) is 10.4 Å². The Kier molecular flexibility index (Phi) is 4.38. The summed E-state index contributed by atoms with van der Waals surface area (Å²) < 4.78 is 10.8. The Morgan fingerprint density at radius 2 is 2.17 bits per heavy atom. The van der Waals surface area contributed by atoms with Crippen LogP contribution < -0.4 is 0 Å². The second kappa shape index (κ2) is 6.80. The molecule has 1 fully saturated rings. The van der Waals surface area contributed by atoms with Crippen LogP contribution in [0, 0.1) is 6.92 Å². The molecule has 24 heavy (non-hydrogen) atoms. The average molecular weight is 342 g/mol. The van der Waals surface area contributed by atoms with Gasteiger partial charge in [-0.05, 0) is 5.56 Å². The summed E-state index contributed by atoms with van der Waals surface area (Å²) in [7, 11) is 0. The average Bonchev–Trinajstić information content (AvgIpc) is 3.25. The zero-order valence-corrected chi connectivity index (χ0v) is 14.2. The molecule has 0 radical (unpaired) electrons. The second-order valence-electron chi connectivity index (χ2n) is 5.75. The van der Waals surface area contributed by atoms with Crippen molar-refractivity contribution in [3.05, 3.63) is 53.3 Å². The van der Waals surface area contributed by atoms with E-state index in [0.717, 1.165) is 24.6 Å². The number of aryl methyl sites for hydroxylation is 1. The highest BCUT2D eigenvalue weighted by Crippen LogP contribution is 2.27. The Morgan fingerprint density at radius 3 is 2.96 bits per heavy atom. The summed E-state index contributed by atoms with van der Waals surface area (Å²) in [4.78, 5) is 12.4. The molecule has 0 saturated carbocycles. The highest BCUT2D eigenvalue weighted by molar-refractivity contribution is 7.15. The van der Waals surface area contributed by atoms with Gasteiger partial charge in [-0.15, -0.1) is 11.3 Å². The van der Waals surface area contributed by atoms with E-state index in [1.807, 2.05) is 24.4 Å². The lowest BCUT2D eigenvalue weighted by atomic mass is 10.2. The van der Waals surface area contributed by atoms with Crippen LogP contribution in [0.15, 0.2) is 41.1 Å². The molecule has 2 aromatic heterocycles. The summed E-state index contributed by atoms with van der Waals surface area (Å²) in [5.74, 6) is 1.19. The van der Waals surface area contributed by atoms with Crippen molar-refractivity contribution < 1.29 is 9.26 Å². The fourth-order valence-electron chi connectivity index (χ4n) is 2.76. The second-order valence-corrected chi connectivity index (χ2v) is 6.87. The van der Waals surface area contributed by atoms with E-state index < -0.39 is 0 Å². The number of benzene rings is 1. The van der Waals surface area contributed by atoms with Gasteiger partial charge in [-0.2, -0.15) is 4.98 Å². The van der Waals surface area contributed by atoms with Gasteiger partial charge in [-0.25, -0.2) is 4.98 Å². The van der Waals surface area contributed by atoms with E-state index >= 15 is 0 Å². The Labute approximate surface area is 144 Å². The summed E-state index contributed by atoms with van der Waals surface area (Å²) in [6, 6.07) is 10.3. The van der Waals surface area contributed by atoms with Crippen LogP contribution in [0.4, 0.5) is 0 Å². The molecule has 0 N–H and O–H groups in total. The lowest BCUT2D eigenvalue weighted by molar-refractivity contribution is -0.0380. The molecule has 3 aromatic rings. The fraction of sp³-hybridized carbons (Fsp3) is 0.353. The van der Waals surface area contributed by atoms with E-state index in [0.29, 0.717) is 18.3 Å². The van der Waals surface area contributed by atoms with Gasteiger partial charge in [-0.1, -0.05) is 35.5 Å². The monoisotopic (exact) mass is 342 g/mol. The van der Waals surface area contributed by atoms with Crippen LogP contribution in [0.2, 0.25) is 0 Å². The smallest absolute Gasteiger partial charge is 0.223 e. The van der Waals surface area contributed by atoms with E-state index in [2.05, 4.69) is 32.2 Å². The molecule has 0 spiro atoms. The topological polar surface area (TPSA) is 64.3 Å². The van der Waals surface area contributed by atoms with Gasteiger partial charge in [0.05, 0.1) is 18.0 Å². The first-order valence-corrected chi connectivity index (χ1v) is 8.74. The van der Waals surface area contributed by atoms with Gasteiger partial charge >= 0.3 is 0 Å². The van der Waals surface area contributed by atoms with Crippen LogP contribution in [0.5, 0.6) is 0 Å². The van der Waals surface area contributed by atoms with E-state index in [9.17, 15) is 0 Å². The number of morpholine rings is 1. The highest BCUT2D eigenvalue weighted by atomic mass is 32.1. The summed E-state index contributed by atoms with van der Waals surface area (Å²) in [5, 5.41) is 5.08. The molecule has 4 rings (SSSR count). The third kappa shape index (κ3) is 3.38. The lowest BCUT2D eigenvalue weighted by Crippen LogP contribution is -2.38. The highest BCUT2D eigenvalue weighted by Gasteiger charge is 2.26. The number of aromatic nitrogens is 3. The van der Waals surface area contributed by atoms with Gasteiger partial charge in [0.2, 0.25) is 11.7 Å². The van der Waals surface area contributed by atoms with Crippen LogP contribution in [0.3, 0.4) is 0 Å².